The van der Waals surface area contributed by atoms with Gasteiger partial charge in [0.25, 0.3) is 0 Å². The van der Waals surface area contributed by atoms with Gasteiger partial charge >= 0.3 is 0 Å². The minimum Gasteiger partial charge on any atom is -0.310 e. The van der Waals surface area contributed by atoms with Crippen LogP contribution in [-0.2, 0) is 5.66 Å². The maximum atomic E-state index is 5.63. The van der Waals surface area contributed by atoms with Crippen LogP contribution in [0.15, 0.2) is 30.3 Å². The molecule has 0 saturated heterocycles. The van der Waals surface area contributed by atoms with Crippen LogP contribution in [0.5, 0.6) is 0 Å². The van der Waals surface area contributed by atoms with Gasteiger partial charge in [-0.3, -0.25) is 0 Å². The van der Waals surface area contributed by atoms with Crippen LogP contribution >= 0.6 is 0 Å². The van der Waals surface area contributed by atoms with Gasteiger partial charge in [-0.1, -0.05) is 30.3 Å². The van der Waals surface area contributed by atoms with Crippen molar-refractivity contribution in [2.75, 3.05) is 0 Å². The molecule has 0 amide bonds. The minimum absolute atomic E-state index is 0.707. The van der Waals surface area contributed by atoms with Crippen LogP contribution in [0.2, 0.25) is 0 Å². The molecule has 2 heteroatoms. The highest BCUT2D eigenvalue weighted by Crippen LogP contribution is 2.09. The van der Waals surface area contributed by atoms with Gasteiger partial charge in [-0.25, -0.2) is 0 Å². The Balaban J connectivity index is 2.97. The first-order chi connectivity index (χ1) is 4.61. The highest BCUT2D eigenvalue weighted by molar-refractivity contribution is 5.21. The van der Waals surface area contributed by atoms with Crippen molar-refractivity contribution in [1.29, 1.82) is 0 Å². The van der Waals surface area contributed by atoms with Crippen LogP contribution in [-0.4, -0.2) is 0 Å². The lowest BCUT2D eigenvalue weighted by atomic mass is 10.0. The van der Waals surface area contributed by atoms with Crippen molar-refractivity contribution in [1.82, 2.24) is 0 Å². The Morgan fingerprint density at radius 1 is 1.10 bits per heavy atom. The van der Waals surface area contributed by atoms with E-state index in [1.807, 2.05) is 30.3 Å². The lowest BCUT2D eigenvalue weighted by Gasteiger charge is -2.18. The third-order valence-corrected chi connectivity index (χ3v) is 1.40. The second-order valence-corrected chi connectivity index (χ2v) is 2.65. The molecule has 0 aliphatic rings. The lowest BCUT2D eigenvalue weighted by Crippen LogP contribution is -2.42. The molecule has 0 spiro atoms. The molecule has 54 valence electrons. The summed E-state index contributed by atoms with van der Waals surface area (Å²) in [4.78, 5) is 0. The normalized spacial score (nSPS) is 11.5. The molecule has 2 nitrogen and oxygen atoms in total. The fourth-order valence-electron chi connectivity index (χ4n) is 0.797. The van der Waals surface area contributed by atoms with Crippen LogP contribution in [0.25, 0.3) is 0 Å². The molecule has 1 rings (SSSR count). The van der Waals surface area contributed by atoms with Crippen LogP contribution in [0.4, 0.5) is 0 Å². The first-order valence-electron chi connectivity index (χ1n) is 3.24. The van der Waals surface area contributed by atoms with Gasteiger partial charge in [0, 0.05) is 0 Å². The van der Waals surface area contributed by atoms with Crippen LogP contribution in [0.1, 0.15) is 12.5 Å². The van der Waals surface area contributed by atoms with E-state index in [1.54, 1.807) is 6.92 Å². The zero-order valence-electron chi connectivity index (χ0n) is 6.04. The van der Waals surface area contributed by atoms with E-state index in [0.29, 0.717) is 0 Å². The highest BCUT2D eigenvalue weighted by Gasteiger charge is 2.12. The van der Waals surface area contributed by atoms with Gasteiger partial charge in [-0.15, -0.1) is 0 Å². The van der Waals surface area contributed by atoms with E-state index in [9.17, 15) is 0 Å². The molecule has 0 aromatic heterocycles. The largest absolute Gasteiger partial charge is 0.310 e. The smallest absolute Gasteiger partial charge is 0.0870 e. The number of nitrogens with two attached hydrogens (primary N) is 2. The third-order valence-electron chi connectivity index (χ3n) is 1.40. The summed E-state index contributed by atoms with van der Waals surface area (Å²) in [5, 5.41) is 0. The second kappa shape index (κ2) is 2.40. The van der Waals surface area contributed by atoms with Crippen molar-refractivity contribution in [2.45, 2.75) is 12.6 Å². The molecule has 0 atom stereocenters. The van der Waals surface area contributed by atoms with Crippen molar-refractivity contribution in [3.05, 3.63) is 35.9 Å². The SMILES string of the molecule is CC(N)(N)c1ccccc1. The molecule has 0 saturated carbocycles. The monoisotopic (exact) mass is 136 g/mol. The Morgan fingerprint density at radius 3 is 1.90 bits per heavy atom. The van der Waals surface area contributed by atoms with Crippen molar-refractivity contribution in [3.63, 3.8) is 0 Å². The summed E-state index contributed by atoms with van der Waals surface area (Å²) < 4.78 is 0. The molecule has 0 heterocycles. The summed E-state index contributed by atoms with van der Waals surface area (Å²) in [7, 11) is 0. The zero-order chi connectivity index (χ0) is 7.61. The number of hydrogen-bond acceptors (Lipinski definition) is 2. The maximum Gasteiger partial charge on any atom is 0.0870 e. The highest BCUT2D eigenvalue weighted by atomic mass is 14.9. The molecule has 1 aromatic rings. The Bertz CT molecular complexity index is 198. The molecule has 1 aromatic carbocycles. The summed E-state index contributed by atoms with van der Waals surface area (Å²) in [6.07, 6.45) is 0. The van der Waals surface area contributed by atoms with Gasteiger partial charge in [0.2, 0.25) is 0 Å². The van der Waals surface area contributed by atoms with Gasteiger partial charge in [0.15, 0.2) is 0 Å². The molecular weight excluding hydrogens is 124 g/mol. The first-order valence-corrected chi connectivity index (χ1v) is 3.24. The Kier molecular flexibility index (Phi) is 1.74. The van der Waals surface area contributed by atoms with Gasteiger partial charge in [0.1, 0.15) is 0 Å². The fourth-order valence-corrected chi connectivity index (χ4v) is 0.797. The van der Waals surface area contributed by atoms with E-state index in [2.05, 4.69) is 0 Å². The Labute approximate surface area is 60.8 Å². The standard InChI is InChI=1S/C8H12N2/c1-8(9,10)7-5-3-2-4-6-7/h2-6H,9-10H2,1H3. The molecule has 10 heavy (non-hydrogen) atoms. The molecule has 4 N–H and O–H groups in total. The van der Waals surface area contributed by atoms with Crippen molar-refractivity contribution in [3.8, 4) is 0 Å². The minimum atomic E-state index is -0.707. The summed E-state index contributed by atoms with van der Waals surface area (Å²) in [6, 6.07) is 9.62. The van der Waals surface area contributed by atoms with Crippen LogP contribution < -0.4 is 11.5 Å². The molecule has 0 radical (unpaired) electrons. The predicted molar refractivity (Wildman–Crippen MR) is 42.2 cm³/mol. The molecule has 0 aliphatic heterocycles. The van der Waals surface area contributed by atoms with Crippen LogP contribution in [0, 0.1) is 0 Å². The molecule has 0 fully saturated rings. The van der Waals surface area contributed by atoms with E-state index < -0.39 is 5.66 Å². The van der Waals surface area contributed by atoms with Crippen molar-refractivity contribution in [2.24, 2.45) is 11.5 Å². The van der Waals surface area contributed by atoms with Crippen LogP contribution in [0.3, 0.4) is 0 Å². The summed E-state index contributed by atoms with van der Waals surface area (Å²) in [5.41, 5.74) is 11.5. The van der Waals surface area contributed by atoms with E-state index in [4.69, 9.17) is 11.5 Å². The molecule has 0 unspecified atom stereocenters. The van der Waals surface area contributed by atoms with E-state index in [-0.39, 0.29) is 0 Å². The van der Waals surface area contributed by atoms with Gasteiger partial charge in [-0.05, 0) is 12.5 Å². The summed E-state index contributed by atoms with van der Waals surface area (Å²) >= 11 is 0. The van der Waals surface area contributed by atoms with Gasteiger partial charge in [0.05, 0.1) is 5.66 Å². The van der Waals surface area contributed by atoms with Gasteiger partial charge in [-0.2, -0.15) is 0 Å². The number of benzene rings is 1. The zero-order valence-corrected chi connectivity index (χ0v) is 6.04. The molecule has 0 aliphatic carbocycles. The quantitative estimate of drug-likeness (QED) is 0.560. The lowest BCUT2D eigenvalue weighted by molar-refractivity contribution is 0.520. The topological polar surface area (TPSA) is 52.0 Å². The Hall–Kier alpha value is -0.860. The van der Waals surface area contributed by atoms with Crippen molar-refractivity contribution < 1.29 is 0 Å². The summed E-state index contributed by atoms with van der Waals surface area (Å²) in [6.45, 7) is 1.78. The predicted octanol–water partition coefficient (Wildman–Crippen LogP) is 0.777. The maximum absolute atomic E-state index is 5.63. The van der Waals surface area contributed by atoms with E-state index >= 15 is 0 Å². The second-order valence-electron chi connectivity index (χ2n) is 2.65. The van der Waals surface area contributed by atoms with E-state index in [1.165, 1.54) is 0 Å². The first kappa shape index (κ1) is 7.25. The van der Waals surface area contributed by atoms with E-state index in [0.717, 1.165) is 5.56 Å². The summed E-state index contributed by atoms with van der Waals surface area (Å²) in [5.74, 6) is 0. The number of rotatable bonds is 1. The average Bonchev–Trinajstić information content (AvgIpc) is 1.88. The average molecular weight is 136 g/mol. The number of hydrogen-bond donors (Lipinski definition) is 2. The fraction of sp³-hybridized carbons (Fsp3) is 0.250. The van der Waals surface area contributed by atoms with Crippen molar-refractivity contribution >= 4 is 0 Å². The third kappa shape index (κ3) is 1.56. The Morgan fingerprint density at radius 2 is 1.60 bits per heavy atom. The molecular formula is C8H12N2. The molecule has 0 bridgehead atoms. The van der Waals surface area contributed by atoms with Gasteiger partial charge < -0.3 is 11.5 Å².